The predicted octanol–water partition coefficient (Wildman–Crippen LogP) is 1.76. The second kappa shape index (κ2) is 8.21. The molecule has 0 fully saturated rings. The van der Waals surface area contributed by atoms with Crippen LogP contribution in [0.4, 0.5) is 0 Å². The van der Waals surface area contributed by atoms with Crippen molar-refractivity contribution in [2.75, 3.05) is 32.5 Å². The fourth-order valence-corrected chi connectivity index (χ4v) is 1.90. The number of likely N-dealkylation sites (N-methyl/N-ethyl adjacent to an activating group) is 1. The summed E-state index contributed by atoms with van der Waals surface area (Å²) in [6, 6.07) is 3.89. The molecule has 0 N–H and O–H groups in total. The Morgan fingerprint density at radius 2 is 2.17 bits per heavy atom. The summed E-state index contributed by atoms with van der Waals surface area (Å²) >= 11 is 3.31. The first-order chi connectivity index (χ1) is 8.63. The van der Waals surface area contributed by atoms with Crippen molar-refractivity contribution in [3.05, 3.63) is 30.1 Å². The van der Waals surface area contributed by atoms with Gasteiger partial charge in [-0.3, -0.25) is 9.78 Å². The van der Waals surface area contributed by atoms with Crippen molar-refractivity contribution >= 4 is 21.8 Å². The molecule has 100 valence electrons. The number of halogens is 1. The number of nitrogens with zero attached hydrogens (tertiary/aromatic N) is 3. The summed E-state index contributed by atoms with van der Waals surface area (Å²) < 4.78 is 0. The molecule has 1 aromatic rings. The largest absolute Gasteiger partial charge is 0.337 e. The molecule has 18 heavy (non-hydrogen) atoms. The topological polar surface area (TPSA) is 36.4 Å². The molecule has 5 heteroatoms. The highest BCUT2D eigenvalue weighted by atomic mass is 79.9. The van der Waals surface area contributed by atoms with E-state index in [1.165, 1.54) is 0 Å². The molecule has 0 atom stereocenters. The van der Waals surface area contributed by atoms with Crippen LogP contribution in [0.25, 0.3) is 0 Å². The number of amides is 1. The van der Waals surface area contributed by atoms with E-state index in [0.717, 1.165) is 18.7 Å². The van der Waals surface area contributed by atoms with E-state index in [9.17, 15) is 4.79 Å². The number of alkyl halides is 1. The molecule has 4 nitrogen and oxygen atoms in total. The molecule has 1 heterocycles. The van der Waals surface area contributed by atoms with Crippen molar-refractivity contribution in [3.8, 4) is 0 Å². The van der Waals surface area contributed by atoms with Gasteiger partial charge in [-0.1, -0.05) is 22.0 Å². The first-order valence-corrected chi connectivity index (χ1v) is 7.13. The maximum Gasteiger partial charge on any atom is 0.223 e. The van der Waals surface area contributed by atoms with Gasteiger partial charge in [-0.25, -0.2) is 0 Å². The molecule has 0 aromatic carbocycles. The van der Waals surface area contributed by atoms with Gasteiger partial charge in [0.15, 0.2) is 0 Å². The van der Waals surface area contributed by atoms with Gasteiger partial charge in [0.25, 0.3) is 0 Å². The lowest BCUT2D eigenvalue weighted by Gasteiger charge is -2.24. The van der Waals surface area contributed by atoms with Crippen LogP contribution in [-0.2, 0) is 11.3 Å². The maximum absolute atomic E-state index is 12.0. The molecule has 0 bridgehead atoms. The fourth-order valence-electron chi connectivity index (χ4n) is 1.56. The van der Waals surface area contributed by atoms with E-state index < -0.39 is 0 Å². The number of aromatic nitrogens is 1. The molecule has 0 spiro atoms. The number of rotatable bonds is 7. The van der Waals surface area contributed by atoms with Crippen LogP contribution in [-0.4, -0.2) is 53.2 Å². The third-order valence-corrected chi connectivity index (χ3v) is 2.97. The Kier molecular flexibility index (Phi) is 6.90. The van der Waals surface area contributed by atoms with Gasteiger partial charge in [0, 0.05) is 43.8 Å². The van der Waals surface area contributed by atoms with Crippen LogP contribution < -0.4 is 0 Å². The molecule has 0 saturated heterocycles. The van der Waals surface area contributed by atoms with E-state index >= 15 is 0 Å². The number of hydrogen-bond acceptors (Lipinski definition) is 3. The second-order valence-corrected chi connectivity index (χ2v) is 5.21. The quantitative estimate of drug-likeness (QED) is 0.720. The van der Waals surface area contributed by atoms with Crippen LogP contribution in [0.5, 0.6) is 0 Å². The molecule has 0 aliphatic carbocycles. The minimum Gasteiger partial charge on any atom is -0.337 e. The predicted molar refractivity (Wildman–Crippen MR) is 76.6 cm³/mol. The first-order valence-electron chi connectivity index (χ1n) is 6.01. The van der Waals surface area contributed by atoms with Crippen molar-refractivity contribution in [1.29, 1.82) is 0 Å². The highest BCUT2D eigenvalue weighted by molar-refractivity contribution is 9.09. The van der Waals surface area contributed by atoms with Gasteiger partial charge in [-0.05, 0) is 25.7 Å². The lowest BCUT2D eigenvalue weighted by atomic mass is 10.2. The van der Waals surface area contributed by atoms with E-state index in [1.54, 1.807) is 6.20 Å². The van der Waals surface area contributed by atoms with Gasteiger partial charge in [-0.2, -0.15) is 0 Å². The minimum absolute atomic E-state index is 0.178. The second-order valence-electron chi connectivity index (χ2n) is 4.42. The van der Waals surface area contributed by atoms with Gasteiger partial charge in [0.1, 0.15) is 0 Å². The molecule has 0 radical (unpaired) electrons. The number of carbonyl (C=O) groups is 1. The Hall–Kier alpha value is -0.940. The van der Waals surface area contributed by atoms with Crippen LogP contribution >= 0.6 is 15.9 Å². The third-order valence-electron chi connectivity index (χ3n) is 2.57. The average molecular weight is 314 g/mol. The number of hydrogen-bond donors (Lipinski definition) is 0. The van der Waals surface area contributed by atoms with Gasteiger partial charge in [0.05, 0.1) is 0 Å². The van der Waals surface area contributed by atoms with Gasteiger partial charge in [-0.15, -0.1) is 0 Å². The molecule has 0 unspecified atom stereocenters. The number of pyridine rings is 1. The van der Waals surface area contributed by atoms with Gasteiger partial charge >= 0.3 is 0 Å². The summed E-state index contributed by atoms with van der Waals surface area (Å²) in [6.45, 7) is 2.25. The normalized spacial score (nSPS) is 10.7. The summed E-state index contributed by atoms with van der Waals surface area (Å²) in [4.78, 5) is 20.1. The lowest BCUT2D eigenvalue weighted by Crippen LogP contribution is -2.36. The fraction of sp³-hybridized carbons (Fsp3) is 0.538. The Labute approximate surface area is 117 Å². The summed E-state index contributed by atoms with van der Waals surface area (Å²) in [5, 5.41) is 0.706. The summed E-state index contributed by atoms with van der Waals surface area (Å²) in [6.07, 6.45) is 4.09. The maximum atomic E-state index is 12.0. The molecular formula is C13H20BrN3O. The van der Waals surface area contributed by atoms with Crippen LogP contribution in [0.1, 0.15) is 12.0 Å². The van der Waals surface area contributed by atoms with Crippen molar-refractivity contribution in [1.82, 2.24) is 14.8 Å². The highest BCUT2D eigenvalue weighted by Gasteiger charge is 2.13. The standard InChI is InChI=1S/C13H20BrN3O/c1-16(2)8-9-17(13(18)5-6-14)11-12-4-3-7-15-10-12/h3-4,7,10H,5-6,8-9,11H2,1-2H3. The molecular weight excluding hydrogens is 294 g/mol. The minimum atomic E-state index is 0.178. The van der Waals surface area contributed by atoms with Gasteiger partial charge in [0.2, 0.25) is 5.91 Å². The Morgan fingerprint density at radius 3 is 2.72 bits per heavy atom. The summed E-state index contributed by atoms with van der Waals surface area (Å²) in [7, 11) is 4.02. The Balaban J connectivity index is 2.62. The van der Waals surface area contributed by atoms with Crippen molar-refractivity contribution < 1.29 is 4.79 Å². The summed E-state index contributed by atoms with van der Waals surface area (Å²) in [5.41, 5.74) is 1.07. The monoisotopic (exact) mass is 313 g/mol. The zero-order chi connectivity index (χ0) is 13.4. The van der Waals surface area contributed by atoms with Crippen molar-refractivity contribution in [2.45, 2.75) is 13.0 Å². The zero-order valence-corrected chi connectivity index (χ0v) is 12.6. The molecule has 0 aliphatic rings. The molecule has 1 aromatic heterocycles. The van der Waals surface area contributed by atoms with Gasteiger partial charge < -0.3 is 9.80 Å². The average Bonchev–Trinajstić information content (AvgIpc) is 2.35. The first kappa shape index (κ1) is 15.1. The highest BCUT2D eigenvalue weighted by Crippen LogP contribution is 2.06. The molecule has 0 saturated carbocycles. The van der Waals surface area contributed by atoms with E-state index in [0.29, 0.717) is 18.3 Å². The van der Waals surface area contributed by atoms with Crippen molar-refractivity contribution in [3.63, 3.8) is 0 Å². The third kappa shape index (κ3) is 5.60. The Morgan fingerprint density at radius 1 is 1.39 bits per heavy atom. The van der Waals surface area contributed by atoms with Crippen LogP contribution in [0.15, 0.2) is 24.5 Å². The van der Waals surface area contributed by atoms with E-state index in [2.05, 4.69) is 25.8 Å². The summed E-state index contributed by atoms with van der Waals surface area (Å²) in [5.74, 6) is 0.178. The Bertz CT molecular complexity index is 357. The van der Waals surface area contributed by atoms with Crippen LogP contribution in [0, 0.1) is 0 Å². The SMILES string of the molecule is CN(C)CCN(Cc1cccnc1)C(=O)CCBr. The lowest BCUT2D eigenvalue weighted by molar-refractivity contribution is -0.131. The van der Waals surface area contributed by atoms with Crippen LogP contribution in [0.2, 0.25) is 0 Å². The van der Waals surface area contributed by atoms with E-state index in [-0.39, 0.29) is 5.91 Å². The molecule has 1 amide bonds. The zero-order valence-electron chi connectivity index (χ0n) is 11.0. The molecule has 1 rings (SSSR count). The number of carbonyl (C=O) groups excluding carboxylic acids is 1. The van der Waals surface area contributed by atoms with Crippen LogP contribution in [0.3, 0.4) is 0 Å². The smallest absolute Gasteiger partial charge is 0.223 e. The van der Waals surface area contributed by atoms with Crippen molar-refractivity contribution in [2.24, 2.45) is 0 Å². The van der Waals surface area contributed by atoms with E-state index in [4.69, 9.17) is 0 Å². The molecule has 0 aliphatic heterocycles. The van der Waals surface area contributed by atoms with E-state index in [1.807, 2.05) is 37.3 Å².